The molecule has 2 heterocycles. The van der Waals surface area contributed by atoms with E-state index in [1.54, 1.807) is 17.4 Å². The Morgan fingerprint density at radius 3 is 2.05 bits per heavy atom. The summed E-state index contributed by atoms with van der Waals surface area (Å²) in [5.74, 6) is 1.63. The quantitative estimate of drug-likeness (QED) is 0.886. The lowest BCUT2D eigenvalue weighted by Gasteiger charge is -2.42. The van der Waals surface area contributed by atoms with Gasteiger partial charge in [-0.3, -0.25) is 4.79 Å². The maximum atomic E-state index is 12.9. The smallest absolute Gasteiger partial charge is 0.230 e. The highest BCUT2D eigenvalue weighted by Crippen LogP contribution is 2.42. The maximum absolute atomic E-state index is 12.9. The third-order valence-electron chi connectivity index (χ3n) is 4.30. The predicted molar refractivity (Wildman–Crippen MR) is 77.0 cm³/mol. The van der Waals surface area contributed by atoms with Gasteiger partial charge in [0.2, 0.25) is 5.91 Å². The summed E-state index contributed by atoms with van der Waals surface area (Å²) in [5.41, 5.74) is 5.47. The van der Waals surface area contributed by atoms with Crippen LogP contribution in [0.5, 0.6) is 0 Å². The van der Waals surface area contributed by atoms with Crippen LogP contribution in [0.25, 0.3) is 0 Å². The number of nitrogens with zero attached hydrogens (tertiary/aromatic N) is 1. The molecule has 5 nitrogen and oxygen atoms in total. The highest BCUT2D eigenvalue weighted by molar-refractivity contribution is 5.83. The van der Waals surface area contributed by atoms with Crippen molar-refractivity contribution in [3.05, 3.63) is 48.3 Å². The predicted octanol–water partition coefficient (Wildman–Crippen LogP) is 2.53. The van der Waals surface area contributed by atoms with E-state index in [-0.39, 0.29) is 11.3 Å². The van der Waals surface area contributed by atoms with Gasteiger partial charge >= 0.3 is 0 Å². The van der Waals surface area contributed by atoms with Crippen LogP contribution in [-0.4, -0.2) is 17.4 Å². The lowest BCUT2D eigenvalue weighted by atomic mass is 9.68. The van der Waals surface area contributed by atoms with E-state index in [1.165, 1.54) is 0 Å². The molecular formula is C16H20N2O3. The van der Waals surface area contributed by atoms with Gasteiger partial charge in [0.25, 0.3) is 0 Å². The van der Waals surface area contributed by atoms with Crippen molar-refractivity contribution in [2.75, 3.05) is 6.54 Å². The monoisotopic (exact) mass is 288 g/mol. The summed E-state index contributed by atoms with van der Waals surface area (Å²) in [4.78, 5) is 14.7. The highest BCUT2D eigenvalue weighted by Gasteiger charge is 2.45. The summed E-state index contributed by atoms with van der Waals surface area (Å²) in [5, 5.41) is 0. The normalized spacial score (nSPS) is 16.4. The summed E-state index contributed by atoms with van der Waals surface area (Å²) in [6.45, 7) is 1.28. The van der Waals surface area contributed by atoms with E-state index in [9.17, 15) is 4.79 Å². The van der Waals surface area contributed by atoms with Crippen LogP contribution in [0.4, 0.5) is 0 Å². The molecular weight excluding hydrogens is 268 g/mol. The number of hydrogen-bond donors (Lipinski definition) is 1. The van der Waals surface area contributed by atoms with Gasteiger partial charge in [0, 0.05) is 6.54 Å². The number of furan rings is 2. The van der Waals surface area contributed by atoms with Crippen molar-refractivity contribution in [1.82, 2.24) is 4.90 Å². The Labute approximate surface area is 123 Å². The SMILES string of the molecule is NCC1(C(=O)N(Cc2ccco2)Cc2ccco2)CCC1. The zero-order chi connectivity index (χ0) is 14.7. The molecule has 3 rings (SSSR count). The van der Waals surface area contributed by atoms with Gasteiger partial charge in [0.05, 0.1) is 31.0 Å². The molecule has 21 heavy (non-hydrogen) atoms. The Morgan fingerprint density at radius 1 is 1.14 bits per heavy atom. The zero-order valence-electron chi connectivity index (χ0n) is 12.0. The van der Waals surface area contributed by atoms with Crippen molar-refractivity contribution in [2.45, 2.75) is 32.4 Å². The minimum Gasteiger partial charge on any atom is -0.467 e. The molecule has 2 aromatic heterocycles. The topological polar surface area (TPSA) is 72.6 Å². The fourth-order valence-electron chi connectivity index (χ4n) is 2.83. The van der Waals surface area contributed by atoms with Crippen LogP contribution in [0, 0.1) is 5.41 Å². The lowest BCUT2D eigenvalue weighted by molar-refractivity contribution is -0.148. The lowest BCUT2D eigenvalue weighted by Crippen LogP contribution is -2.51. The van der Waals surface area contributed by atoms with E-state index >= 15 is 0 Å². The van der Waals surface area contributed by atoms with Gasteiger partial charge in [-0.05, 0) is 37.1 Å². The average molecular weight is 288 g/mol. The second-order valence-electron chi connectivity index (χ2n) is 5.66. The van der Waals surface area contributed by atoms with Crippen LogP contribution in [0.3, 0.4) is 0 Å². The first kappa shape index (κ1) is 13.9. The molecule has 112 valence electrons. The fourth-order valence-corrected chi connectivity index (χ4v) is 2.83. The molecule has 1 amide bonds. The average Bonchev–Trinajstić information content (AvgIpc) is 3.10. The second-order valence-corrected chi connectivity index (χ2v) is 5.66. The molecule has 0 aliphatic heterocycles. The number of amides is 1. The molecule has 2 aromatic rings. The Kier molecular flexibility index (Phi) is 3.84. The van der Waals surface area contributed by atoms with Crippen molar-refractivity contribution in [3.8, 4) is 0 Å². The van der Waals surface area contributed by atoms with Crippen LogP contribution in [0.15, 0.2) is 45.6 Å². The first-order valence-corrected chi connectivity index (χ1v) is 7.28. The highest BCUT2D eigenvalue weighted by atomic mass is 16.3. The minimum atomic E-state index is -0.390. The molecule has 0 radical (unpaired) electrons. The summed E-state index contributed by atoms with van der Waals surface area (Å²) in [7, 11) is 0. The zero-order valence-corrected chi connectivity index (χ0v) is 12.0. The molecule has 0 unspecified atom stereocenters. The molecule has 1 fully saturated rings. The first-order valence-electron chi connectivity index (χ1n) is 7.28. The molecule has 0 aromatic carbocycles. The fraction of sp³-hybridized carbons (Fsp3) is 0.438. The van der Waals surface area contributed by atoms with E-state index < -0.39 is 0 Å². The molecule has 0 saturated heterocycles. The molecule has 0 atom stereocenters. The second kappa shape index (κ2) is 5.77. The Bertz CT molecular complexity index is 529. The summed E-state index contributed by atoms with van der Waals surface area (Å²) < 4.78 is 10.8. The van der Waals surface area contributed by atoms with Crippen molar-refractivity contribution in [1.29, 1.82) is 0 Å². The van der Waals surface area contributed by atoms with Gasteiger partial charge in [-0.2, -0.15) is 0 Å². The standard InChI is InChI=1S/C16H20N2O3/c17-12-16(6-3-7-16)15(19)18(10-13-4-1-8-20-13)11-14-5-2-9-21-14/h1-2,4-5,8-9H,3,6-7,10-12,17H2. The van der Waals surface area contributed by atoms with E-state index in [2.05, 4.69) is 0 Å². The number of carbonyl (C=O) groups is 1. The van der Waals surface area contributed by atoms with Gasteiger partial charge in [-0.1, -0.05) is 6.42 Å². The van der Waals surface area contributed by atoms with Crippen molar-refractivity contribution in [2.24, 2.45) is 11.1 Å². The molecule has 0 bridgehead atoms. The Hall–Kier alpha value is -2.01. The molecule has 1 saturated carbocycles. The van der Waals surface area contributed by atoms with Crippen LogP contribution >= 0.6 is 0 Å². The molecule has 1 aliphatic rings. The number of rotatable bonds is 6. The maximum Gasteiger partial charge on any atom is 0.230 e. The van der Waals surface area contributed by atoms with Crippen LogP contribution in [-0.2, 0) is 17.9 Å². The van der Waals surface area contributed by atoms with Gasteiger partial charge < -0.3 is 19.5 Å². The third kappa shape index (κ3) is 2.74. The minimum absolute atomic E-state index is 0.101. The Morgan fingerprint density at radius 2 is 1.71 bits per heavy atom. The van der Waals surface area contributed by atoms with Crippen molar-refractivity contribution >= 4 is 5.91 Å². The van der Waals surface area contributed by atoms with E-state index in [0.29, 0.717) is 19.6 Å². The molecule has 1 aliphatic carbocycles. The molecule has 2 N–H and O–H groups in total. The number of nitrogens with two attached hydrogens (primary N) is 1. The van der Waals surface area contributed by atoms with E-state index in [0.717, 1.165) is 30.8 Å². The Balaban J connectivity index is 1.79. The van der Waals surface area contributed by atoms with Crippen LogP contribution < -0.4 is 5.73 Å². The van der Waals surface area contributed by atoms with E-state index in [4.69, 9.17) is 14.6 Å². The van der Waals surface area contributed by atoms with Gasteiger partial charge in [-0.25, -0.2) is 0 Å². The molecule has 0 spiro atoms. The third-order valence-corrected chi connectivity index (χ3v) is 4.30. The van der Waals surface area contributed by atoms with Crippen LogP contribution in [0.2, 0.25) is 0 Å². The first-order chi connectivity index (χ1) is 10.2. The van der Waals surface area contributed by atoms with Crippen LogP contribution in [0.1, 0.15) is 30.8 Å². The van der Waals surface area contributed by atoms with E-state index in [1.807, 2.05) is 24.3 Å². The largest absolute Gasteiger partial charge is 0.467 e. The summed E-state index contributed by atoms with van der Waals surface area (Å²) in [6.07, 6.45) is 6.04. The van der Waals surface area contributed by atoms with Gasteiger partial charge in [-0.15, -0.1) is 0 Å². The van der Waals surface area contributed by atoms with Gasteiger partial charge in [0.15, 0.2) is 0 Å². The van der Waals surface area contributed by atoms with Gasteiger partial charge in [0.1, 0.15) is 11.5 Å². The number of carbonyl (C=O) groups excluding carboxylic acids is 1. The van der Waals surface area contributed by atoms with Crippen molar-refractivity contribution in [3.63, 3.8) is 0 Å². The van der Waals surface area contributed by atoms with Crippen molar-refractivity contribution < 1.29 is 13.6 Å². The number of hydrogen-bond acceptors (Lipinski definition) is 4. The summed E-state index contributed by atoms with van der Waals surface area (Å²) >= 11 is 0. The summed E-state index contributed by atoms with van der Waals surface area (Å²) in [6, 6.07) is 7.40. The molecule has 5 heteroatoms.